The van der Waals surface area contributed by atoms with Crippen molar-refractivity contribution in [1.82, 2.24) is 15.0 Å². The molecule has 13 aromatic carbocycles. The van der Waals surface area contributed by atoms with Gasteiger partial charge in [0.1, 0.15) is 0 Å². The van der Waals surface area contributed by atoms with Gasteiger partial charge in [-0.1, -0.05) is 152 Å². The van der Waals surface area contributed by atoms with Crippen molar-refractivity contribution in [2.75, 3.05) is 29.4 Å². The lowest BCUT2D eigenvalue weighted by Gasteiger charge is -2.40. The number of rotatable bonds is 13. The number of hydrogen-bond donors (Lipinski definition) is 0. The SMILES string of the molecule is c1ccc(-c2nc(-c3ccc(N(c4ccccc4)c4ccc(N5c6ccccc6N(c6ccccc6)c6ccccc65)cc4)cc3)nc(-c3ccc(N(c4ccccc4)c4ccc(N5c6ccccc6N(c6ccccc6)c6ccccc65)cc4)cc3)n2)cc1. The van der Waals surface area contributed by atoms with E-state index in [2.05, 4.69) is 345 Å². The predicted octanol–water partition coefficient (Wildman–Crippen LogP) is 22.3. The van der Waals surface area contributed by atoms with Crippen LogP contribution in [-0.4, -0.2) is 15.0 Å². The molecule has 0 unspecified atom stereocenters. The Balaban J connectivity index is 0.712. The monoisotopic (exact) mass is 1160 g/mol. The number of nitrogens with zero attached hydrogens (tertiary/aromatic N) is 9. The van der Waals surface area contributed by atoms with Crippen molar-refractivity contribution in [3.8, 4) is 34.2 Å². The highest BCUT2D eigenvalue weighted by atomic mass is 15.3. The Bertz CT molecular complexity index is 4440. The molecule has 3 heterocycles. The fraction of sp³-hybridized carbons (Fsp3) is 0. The summed E-state index contributed by atoms with van der Waals surface area (Å²) in [6.45, 7) is 0. The van der Waals surface area contributed by atoms with Gasteiger partial charge in [0.05, 0.1) is 45.5 Å². The average molecular weight is 1160 g/mol. The van der Waals surface area contributed by atoms with Gasteiger partial charge in [-0.25, -0.2) is 15.0 Å². The van der Waals surface area contributed by atoms with Crippen LogP contribution in [0, 0.1) is 0 Å². The van der Waals surface area contributed by atoms with Crippen LogP contribution in [-0.2, 0) is 0 Å². The maximum Gasteiger partial charge on any atom is 0.164 e. The van der Waals surface area contributed by atoms with Crippen molar-refractivity contribution in [1.29, 1.82) is 0 Å². The summed E-state index contributed by atoms with van der Waals surface area (Å²) in [5.41, 5.74) is 22.0. The molecule has 1 aromatic heterocycles. The van der Waals surface area contributed by atoms with Crippen LogP contribution in [0.25, 0.3) is 34.2 Å². The molecule has 0 bridgehead atoms. The van der Waals surface area contributed by atoms with Gasteiger partial charge in [0.2, 0.25) is 0 Å². The molecule has 0 fully saturated rings. The topological polar surface area (TPSA) is 58.1 Å². The van der Waals surface area contributed by atoms with Gasteiger partial charge in [-0.15, -0.1) is 0 Å². The maximum absolute atomic E-state index is 5.23. The highest BCUT2D eigenvalue weighted by Gasteiger charge is 2.32. The Morgan fingerprint density at radius 3 is 0.622 bits per heavy atom. The van der Waals surface area contributed by atoms with E-state index in [0.717, 1.165) is 119 Å². The molecule has 0 saturated heterocycles. The molecule has 0 radical (unpaired) electrons. The van der Waals surface area contributed by atoms with E-state index in [1.807, 2.05) is 30.3 Å². The summed E-state index contributed by atoms with van der Waals surface area (Å²) in [6, 6.07) is 122. The van der Waals surface area contributed by atoms with Gasteiger partial charge >= 0.3 is 0 Å². The molecule has 90 heavy (non-hydrogen) atoms. The number of anilines is 18. The average Bonchev–Trinajstić information content (AvgIpc) is 0.779. The van der Waals surface area contributed by atoms with Crippen LogP contribution in [0.4, 0.5) is 102 Å². The summed E-state index contributed by atoms with van der Waals surface area (Å²) in [4.78, 5) is 29.5. The molecule has 9 nitrogen and oxygen atoms in total. The molecule has 426 valence electrons. The molecule has 2 aliphatic rings. The van der Waals surface area contributed by atoms with Crippen molar-refractivity contribution in [3.05, 3.63) is 346 Å². The van der Waals surface area contributed by atoms with Crippen LogP contribution in [0.1, 0.15) is 0 Å². The first-order valence-corrected chi connectivity index (χ1v) is 30.3. The summed E-state index contributed by atoms with van der Waals surface area (Å²) in [6.07, 6.45) is 0. The van der Waals surface area contributed by atoms with Gasteiger partial charge in [-0.05, 0) is 194 Å². The lowest BCUT2D eigenvalue weighted by Crippen LogP contribution is -2.23. The fourth-order valence-corrected chi connectivity index (χ4v) is 12.6. The second kappa shape index (κ2) is 23.2. The zero-order valence-corrected chi connectivity index (χ0v) is 48.9. The molecule has 0 spiro atoms. The van der Waals surface area contributed by atoms with E-state index in [4.69, 9.17) is 15.0 Å². The Kier molecular flexibility index (Phi) is 13.7. The highest BCUT2D eigenvalue weighted by Crippen LogP contribution is 2.56. The molecule has 0 saturated carbocycles. The van der Waals surface area contributed by atoms with Gasteiger partial charge in [0.15, 0.2) is 17.5 Å². The van der Waals surface area contributed by atoms with Crippen LogP contribution >= 0.6 is 0 Å². The number of fused-ring (bicyclic) bond motifs is 4. The molecular weight excluding hydrogens is 1100 g/mol. The smallest absolute Gasteiger partial charge is 0.164 e. The van der Waals surface area contributed by atoms with E-state index in [-0.39, 0.29) is 0 Å². The minimum absolute atomic E-state index is 0.579. The largest absolute Gasteiger partial charge is 0.311 e. The third kappa shape index (κ3) is 9.78. The van der Waals surface area contributed by atoms with Gasteiger partial charge < -0.3 is 29.4 Å². The van der Waals surface area contributed by atoms with Crippen LogP contribution in [0.2, 0.25) is 0 Å². The quantitative estimate of drug-likeness (QED) is 0.112. The number of hydrogen-bond acceptors (Lipinski definition) is 9. The van der Waals surface area contributed by atoms with Gasteiger partial charge in [-0.3, -0.25) is 0 Å². The zero-order valence-electron chi connectivity index (χ0n) is 48.9. The first kappa shape index (κ1) is 53.2. The molecule has 0 N–H and O–H groups in total. The van der Waals surface area contributed by atoms with E-state index in [1.54, 1.807) is 0 Å². The van der Waals surface area contributed by atoms with E-state index in [1.165, 1.54) is 0 Å². The lowest BCUT2D eigenvalue weighted by molar-refractivity contribution is 1.07. The van der Waals surface area contributed by atoms with Crippen LogP contribution in [0.3, 0.4) is 0 Å². The minimum Gasteiger partial charge on any atom is -0.311 e. The van der Waals surface area contributed by atoms with Crippen LogP contribution < -0.4 is 29.4 Å². The molecular formula is C81H57N9. The molecule has 2 aliphatic heterocycles. The predicted molar refractivity (Wildman–Crippen MR) is 371 cm³/mol. The zero-order chi connectivity index (χ0) is 59.7. The van der Waals surface area contributed by atoms with E-state index in [0.29, 0.717) is 17.5 Å². The van der Waals surface area contributed by atoms with Gasteiger partial charge in [-0.2, -0.15) is 0 Å². The molecule has 16 rings (SSSR count). The normalized spacial score (nSPS) is 12.1. The minimum atomic E-state index is 0.579. The molecule has 0 atom stereocenters. The van der Waals surface area contributed by atoms with Crippen molar-refractivity contribution in [2.24, 2.45) is 0 Å². The van der Waals surface area contributed by atoms with E-state index >= 15 is 0 Å². The summed E-state index contributed by atoms with van der Waals surface area (Å²) >= 11 is 0. The van der Waals surface area contributed by atoms with Gasteiger partial charge in [0.25, 0.3) is 0 Å². The third-order valence-corrected chi connectivity index (χ3v) is 16.7. The Labute approximate surface area is 523 Å². The molecule has 14 aromatic rings. The molecule has 0 aliphatic carbocycles. The first-order chi connectivity index (χ1) is 44.7. The fourth-order valence-electron chi connectivity index (χ4n) is 12.6. The second-order valence-electron chi connectivity index (χ2n) is 22.1. The van der Waals surface area contributed by atoms with Crippen molar-refractivity contribution >= 4 is 102 Å². The molecule has 0 amide bonds. The third-order valence-electron chi connectivity index (χ3n) is 16.7. The lowest BCUT2D eigenvalue weighted by atomic mass is 10.0. The Morgan fingerprint density at radius 1 is 0.167 bits per heavy atom. The van der Waals surface area contributed by atoms with Crippen molar-refractivity contribution in [3.63, 3.8) is 0 Å². The first-order valence-electron chi connectivity index (χ1n) is 30.3. The van der Waals surface area contributed by atoms with E-state index in [9.17, 15) is 0 Å². The molecule has 9 heteroatoms. The van der Waals surface area contributed by atoms with Crippen molar-refractivity contribution < 1.29 is 0 Å². The second-order valence-corrected chi connectivity index (χ2v) is 22.1. The van der Waals surface area contributed by atoms with E-state index < -0.39 is 0 Å². The number of aromatic nitrogens is 3. The maximum atomic E-state index is 5.23. The summed E-state index contributed by atoms with van der Waals surface area (Å²) in [5, 5.41) is 0. The number of benzene rings is 13. The standard InChI is InChI=1S/C81H57N9/c1-6-24-58(25-7-1)79-82-80(59-42-46-65(47-43-59)85(61-26-8-2-9-27-61)67-50-54-69(55-51-67)89-75-38-20-16-34-71(75)87(63-30-12-4-13-31-63)72-35-17-21-39-76(72)89)84-81(83-79)60-44-48-66(49-45-60)86(62-28-10-3-11-29-62)68-52-56-70(57-53-68)90-77-40-22-18-36-73(77)88(64-32-14-5-15-33-64)74-37-19-23-41-78(74)90/h1-57H. The van der Waals surface area contributed by atoms with Crippen LogP contribution in [0.15, 0.2) is 346 Å². The van der Waals surface area contributed by atoms with Gasteiger partial charge in [0, 0.05) is 73.6 Å². The summed E-state index contributed by atoms with van der Waals surface area (Å²) in [7, 11) is 0. The summed E-state index contributed by atoms with van der Waals surface area (Å²) in [5.74, 6) is 1.76. The number of para-hydroxylation sites is 12. The van der Waals surface area contributed by atoms with Crippen molar-refractivity contribution in [2.45, 2.75) is 0 Å². The van der Waals surface area contributed by atoms with Crippen LogP contribution in [0.5, 0.6) is 0 Å². The highest BCUT2D eigenvalue weighted by molar-refractivity contribution is 6.03. The summed E-state index contributed by atoms with van der Waals surface area (Å²) < 4.78 is 0. The Hall–Kier alpha value is -12.3. The Morgan fingerprint density at radius 2 is 0.356 bits per heavy atom.